The van der Waals surface area contributed by atoms with Crippen molar-refractivity contribution in [3.05, 3.63) is 34.9 Å². The van der Waals surface area contributed by atoms with Gasteiger partial charge in [-0.2, -0.15) is 0 Å². The van der Waals surface area contributed by atoms with E-state index in [4.69, 9.17) is 11.6 Å². The molecule has 3 rings (SSSR count). The van der Waals surface area contributed by atoms with E-state index in [0.717, 1.165) is 18.2 Å². The quantitative estimate of drug-likeness (QED) is 0.731. The average Bonchev–Trinajstić information content (AvgIpc) is 2.74. The van der Waals surface area contributed by atoms with Gasteiger partial charge in [0.15, 0.2) is 19.4 Å². The van der Waals surface area contributed by atoms with E-state index >= 15 is 0 Å². The number of hydrogen-bond acceptors (Lipinski definition) is 1. The first kappa shape index (κ1) is 11.2. The molecule has 1 fully saturated rings. The highest BCUT2D eigenvalue weighted by atomic mass is 35.5. The maximum atomic E-state index is 5.90. The Morgan fingerprint density at radius 3 is 2.82 bits per heavy atom. The molecule has 2 aliphatic heterocycles. The molecule has 1 atom stereocenters. The normalized spacial score (nSPS) is 24.5. The van der Waals surface area contributed by atoms with Crippen LogP contribution in [-0.4, -0.2) is 34.9 Å². The fraction of sp³-hybridized carbons (Fsp3) is 0.500. The zero-order valence-corrected chi connectivity index (χ0v) is 10.7. The van der Waals surface area contributed by atoms with Crippen LogP contribution in [0.3, 0.4) is 0 Å². The molecule has 0 spiro atoms. The highest BCUT2D eigenvalue weighted by Gasteiger charge is 2.32. The molecule has 0 bridgehead atoms. The molecular weight excluding hydrogens is 232 g/mol. The molecule has 0 N–H and O–H groups in total. The third-order valence-electron chi connectivity index (χ3n) is 3.71. The number of fused-ring (bicyclic) bond motifs is 1. The zero-order chi connectivity index (χ0) is 11.7. The van der Waals surface area contributed by atoms with Crippen LogP contribution in [0.2, 0.25) is 5.02 Å². The molecule has 2 aliphatic rings. The van der Waals surface area contributed by atoms with Gasteiger partial charge in [-0.1, -0.05) is 30.2 Å². The summed E-state index contributed by atoms with van der Waals surface area (Å²) in [5.74, 6) is 0. The fourth-order valence-electron chi connectivity index (χ4n) is 2.81. The van der Waals surface area contributed by atoms with Gasteiger partial charge in [0.05, 0.1) is 6.04 Å². The number of piperidine rings is 1. The van der Waals surface area contributed by atoms with E-state index in [1.807, 2.05) is 12.1 Å². The number of benzene rings is 1. The van der Waals surface area contributed by atoms with Crippen molar-refractivity contribution < 1.29 is 4.58 Å². The van der Waals surface area contributed by atoms with Crippen LogP contribution in [-0.2, 0) is 6.54 Å². The lowest BCUT2D eigenvalue weighted by Gasteiger charge is -2.24. The Hall–Kier alpha value is -0.860. The van der Waals surface area contributed by atoms with Crippen molar-refractivity contribution in [1.29, 1.82) is 0 Å². The van der Waals surface area contributed by atoms with Gasteiger partial charge in [0, 0.05) is 17.1 Å². The summed E-state index contributed by atoms with van der Waals surface area (Å²) in [6, 6.07) is 8.87. The molecule has 3 heteroatoms. The monoisotopic (exact) mass is 249 g/mol. The fourth-order valence-corrected chi connectivity index (χ4v) is 2.94. The first-order valence-electron chi connectivity index (χ1n) is 6.39. The molecule has 1 aromatic carbocycles. The van der Waals surface area contributed by atoms with Crippen LogP contribution in [0.15, 0.2) is 24.3 Å². The van der Waals surface area contributed by atoms with E-state index < -0.39 is 0 Å². The first-order valence-corrected chi connectivity index (χ1v) is 6.76. The molecule has 17 heavy (non-hydrogen) atoms. The van der Waals surface area contributed by atoms with Gasteiger partial charge in [-0.25, -0.2) is 9.48 Å². The molecule has 0 radical (unpaired) electrons. The van der Waals surface area contributed by atoms with Crippen molar-refractivity contribution in [3.8, 4) is 0 Å². The second-order valence-corrected chi connectivity index (χ2v) is 5.48. The molecular formula is C14H18ClN2+. The van der Waals surface area contributed by atoms with Gasteiger partial charge in [0.1, 0.15) is 0 Å². The van der Waals surface area contributed by atoms with Crippen molar-refractivity contribution >= 4 is 17.8 Å². The zero-order valence-electron chi connectivity index (χ0n) is 9.98. The van der Waals surface area contributed by atoms with Crippen LogP contribution in [0.25, 0.3) is 0 Å². The van der Waals surface area contributed by atoms with Gasteiger partial charge >= 0.3 is 0 Å². The summed E-state index contributed by atoms with van der Waals surface area (Å²) in [5, 5.41) is 0.816. The summed E-state index contributed by atoms with van der Waals surface area (Å²) in [6.45, 7) is 3.36. The maximum Gasteiger partial charge on any atom is 0.199 e. The molecule has 1 saturated heterocycles. The lowest BCUT2D eigenvalue weighted by Crippen LogP contribution is -2.36. The molecule has 0 amide bonds. The first-order chi connectivity index (χ1) is 8.31. The van der Waals surface area contributed by atoms with Gasteiger partial charge in [0.25, 0.3) is 0 Å². The standard InChI is InChI=1S/C14H18ClN2/c15-13-6-4-12(5-7-13)9-16-10-14-3-1-2-8-17(14)11-16/h4-7,10,14H,1-3,8-9,11H2/q+1. The summed E-state index contributed by atoms with van der Waals surface area (Å²) in [6.07, 6.45) is 6.48. The molecule has 0 aliphatic carbocycles. The summed E-state index contributed by atoms with van der Waals surface area (Å²) in [4.78, 5) is 2.58. The molecule has 1 unspecified atom stereocenters. The van der Waals surface area contributed by atoms with Crippen molar-refractivity contribution in [1.82, 2.24) is 4.90 Å². The Morgan fingerprint density at radius 1 is 1.24 bits per heavy atom. The van der Waals surface area contributed by atoms with Crippen LogP contribution >= 0.6 is 11.6 Å². The minimum atomic E-state index is 0.691. The summed E-state index contributed by atoms with van der Waals surface area (Å²) in [7, 11) is 0. The van der Waals surface area contributed by atoms with Crippen molar-refractivity contribution in [3.63, 3.8) is 0 Å². The third-order valence-corrected chi connectivity index (χ3v) is 3.96. The van der Waals surface area contributed by atoms with E-state index in [1.54, 1.807) is 0 Å². The second kappa shape index (κ2) is 4.79. The van der Waals surface area contributed by atoms with Crippen molar-refractivity contribution in [2.75, 3.05) is 13.2 Å². The number of nitrogens with zero attached hydrogens (tertiary/aromatic N) is 2. The van der Waals surface area contributed by atoms with E-state index in [9.17, 15) is 0 Å². The van der Waals surface area contributed by atoms with E-state index in [-0.39, 0.29) is 0 Å². The molecule has 2 nitrogen and oxygen atoms in total. The molecule has 0 saturated carbocycles. The predicted molar refractivity (Wildman–Crippen MR) is 70.7 cm³/mol. The van der Waals surface area contributed by atoms with Gasteiger partial charge in [0.2, 0.25) is 0 Å². The Bertz CT molecular complexity index is 424. The largest absolute Gasteiger partial charge is 0.236 e. The van der Waals surface area contributed by atoms with Crippen molar-refractivity contribution in [2.45, 2.75) is 31.8 Å². The SMILES string of the molecule is Clc1ccc(C[N+]2=CC3CCCCN3C2)cc1. The van der Waals surface area contributed by atoms with E-state index in [1.165, 1.54) is 31.4 Å². The van der Waals surface area contributed by atoms with Gasteiger partial charge in [-0.3, -0.25) is 0 Å². The highest BCUT2D eigenvalue weighted by molar-refractivity contribution is 6.30. The molecule has 0 aromatic heterocycles. The molecule has 2 heterocycles. The molecule has 1 aromatic rings. The Morgan fingerprint density at radius 2 is 2.06 bits per heavy atom. The Balaban J connectivity index is 1.68. The van der Waals surface area contributed by atoms with Gasteiger partial charge < -0.3 is 0 Å². The number of halogens is 1. The minimum absolute atomic E-state index is 0.691. The Kier molecular flexibility index (Phi) is 3.17. The lowest BCUT2D eigenvalue weighted by molar-refractivity contribution is -0.547. The van der Waals surface area contributed by atoms with Crippen molar-refractivity contribution in [2.24, 2.45) is 0 Å². The topological polar surface area (TPSA) is 6.25 Å². The van der Waals surface area contributed by atoms with Crippen LogP contribution in [0.4, 0.5) is 0 Å². The summed E-state index contributed by atoms with van der Waals surface area (Å²) >= 11 is 5.90. The molecule has 90 valence electrons. The van der Waals surface area contributed by atoms with Crippen LogP contribution in [0, 0.1) is 0 Å². The predicted octanol–water partition coefficient (Wildman–Crippen LogP) is 2.75. The maximum absolute atomic E-state index is 5.90. The third kappa shape index (κ3) is 2.53. The lowest BCUT2D eigenvalue weighted by atomic mass is 10.1. The number of hydrogen-bond donors (Lipinski definition) is 0. The van der Waals surface area contributed by atoms with Gasteiger partial charge in [-0.15, -0.1) is 0 Å². The second-order valence-electron chi connectivity index (χ2n) is 5.04. The minimum Gasteiger partial charge on any atom is -0.236 e. The van der Waals surface area contributed by atoms with E-state index in [0.29, 0.717) is 6.04 Å². The number of rotatable bonds is 2. The summed E-state index contributed by atoms with van der Waals surface area (Å²) in [5.41, 5.74) is 1.34. The summed E-state index contributed by atoms with van der Waals surface area (Å²) < 4.78 is 2.43. The average molecular weight is 250 g/mol. The highest BCUT2D eigenvalue weighted by Crippen LogP contribution is 2.19. The van der Waals surface area contributed by atoms with Crippen LogP contribution in [0.5, 0.6) is 0 Å². The van der Waals surface area contributed by atoms with Crippen LogP contribution in [0.1, 0.15) is 24.8 Å². The van der Waals surface area contributed by atoms with E-state index in [2.05, 4.69) is 27.8 Å². The van der Waals surface area contributed by atoms with Crippen LogP contribution < -0.4 is 0 Å². The smallest absolute Gasteiger partial charge is 0.199 e. The Labute approximate surface area is 108 Å². The van der Waals surface area contributed by atoms with Gasteiger partial charge in [-0.05, 0) is 25.0 Å².